The highest BCUT2D eigenvalue weighted by molar-refractivity contribution is 6.30. The molecule has 12 heteroatoms. The van der Waals surface area contributed by atoms with Crippen LogP contribution in [0.5, 0.6) is 0 Å². The minimum Gasteiger partial charge on any atom is -0.493 e. The van der Waals surface area contributed by atoms with E-state index in [4.69, 9.17) is 16.4 Å². The summed E-state index contributed by atoms with van der Waals surface area (Å²) in [7, 11) is 0. The highest BCUT2D eigenvalue weighted by Gasteiger charge is 2.42. The van der Waals surface area contributed by atoms with E-state index in [0.29, 0.717) is 22.9 Å². The average molecular weight is 457 g/mol. The molecular formula is C18H15ClF6N2O3. The van der Waals surface area contributed by atoms with Crippen molar-refractivity contribution in [1.29, 1.82) is 0 Å². The van der Waals surface area contributed by atoms with Gasteiger partial charge in [0.2, 0.25) is 5.88 Å². The fraction of sp³-hybridized carbons (Fsp3) is 0.278. The van der Waals surface area contributed by atoms with Crippen LogP contribution in [0.15, 0.2) is 59.0 Å². The van der Waals surface area contributed by atoms with E-state index in [1.807, 2.05) is 0 Å². The molecule has 1 aliphatic rings. The lowest BCUT2D eigenvalue weighted by Gasteiger charge is -2.21. The Morgan fingerprint density at radius 2 is 1.57 bits per heavy atom. The minimum atomic E-state index is -5.02. The molecule has 0 unspecified atom stereocenters. The molecule has 30 heavy (non-hydrogen) atoms. The first-order valence-electron chi connectivity index (χ1n) is 8.24. The first kappa shape index (κ1) is 23.6. The van der Waals surface area contributed by atoms with Gasteiger partial charge in [0.15, 0.2) is 6.10 Å². The number of anilines is 1. The lowest BCUT2D eigenvalue weighted by atomic mass is 9.94. The van der Waals surface area contributed by atoms with Crippen molar-refractivity contribution in [3.8, 4) is 0 Å². The van der Waals surface area contributed by atoms with Crippen LogP contribution < -0.4 is 10.8 Å². The number of hydrogen-bond acceptors (Lipinski definition) is 4. The van der Waals surface area contributed by atoms with Crippen molar-refractivity contribution in [1.82, 2.24) is 5.48 Å². The first-order valence-corrected chi connectivity index (χ1v) is 8.62. The largest absolute Gasteiger partial charge is 0.493 e. The van der Waals surface area contributed by atoms with E-state index in [1.54, 1.807) is 5.48 Å². The number of hydroxylamine groups is 1. The van der Waals surface area contributed by atoms with Crippen LogP contribution in [0.4, 0.5) is 32.0 Å². The lowest BCUT2D eigenvalue weighted by molar-refractivity contribution is -0.131. The predicted octanol–water partition coefficient (Wildman–Crippen LogP) is 5.34. The summed E-state index contributed by atoms with van der Waals surface area (Å²) in [6, 6.07) is 6.01. The molecule has 0 heterocycles. The monoisotopic (exact) mass is 456 g/mol. The number of alkyl halides is 6. The summed E-state index contributed by atoms with van der Waals surface area (Å²) >= 11 is 5.72. The fourth-order valence-electron chi connectivity index (χ4n) is 2.26. The molecule has 1 aliphatic carbocycles. The maximum Gasteiger partial charge on any atom is 0.413 e. The van der Waals surface area contributed by atoms with Crippen molar-refractivity contribution in [3.63, 3.8) is 0 Å². The molecular weight excluding hydrogens is 442 g/mol. The third-order valence-corrected chi connectivity index (χ3v) is 4.11. The predicted molar refractivity (Wildman–Crippen MR) is 96.3 cm³/mol. The van der Waals surface area contributed by atoms with Gasteiger partial charge in [-0.3, -0.25) is 9.63 Å². The van der Waals surface area contributed by atoms with E-state index < -0.39 is 53.4 Å². The molecule has 0 saturated heterocycles. The molecule has 5 nitrogen and oxygen atoms in total. The van der Waals surface area contributed by atoms with Gasteiger partial charge in [-0.25, -0.2) is 5.48 Å². The number of carbonyl (C=O) groups excluding carboxylic acids is 1. The Kier molecular flexibility index (Phi) is 7.09. The van der Waals surface area contributed by atoms with Crippen molar-refractivity contribution < 1.29 is 41.1 Å². The van der Waals surface area contributed by atoms with Gasteiger partial charge in [0.05, 0.1) is 0 Å². The molecule has 0 fully saturated rings. The SMILES string of the molecule is C[C@H](ONC(O)=C1C=C(C(F)(F)F)CC(C(F)(F)F)=C1)C(=O)Nc1ccc(Cl)cc1. The molecule has 0 spiro atoms. The number of allylic oxidation sites excluding steroid dienone is 5. The van der Waals surface area contributed by atoms with E-state index in [-0.39, 0.29) is 0 Å². The van der Waals surface area contributed by atoms with Crippen LogP contribution in [0.25, 0.3) is 0 Å². The van der Waals surface area contributed by atoms with Crippen LogP contribution in [0.1, 0.15) is 13.3 Å². The van der Waals surface area contributed by atoms with Gasteiger partial charge in [-0.2, -0.15) is 26.3 Å². The van der Waals surface area contributed by atoms with Crippen molar-refractivity contribution in [2.45, 2.75) is 31.8 Å². The van der Waals surface area contributed by atoms with Gasteiger partial charge < -0.3 is 10.4 Å². The van der Waals surface area contributed by atoms with Gasteiger partial charge in [0.1, 0.15) is 0 Å². The van der Waals surface area contributed by atoms with Crippen molar-refractivity contribution in [3.05, 3.63) is 64.0 Å². The molecule has 164 valence electrons. The maximum absolute atomic E-state index is 12.9. The van der Waals surface area contributed by atoms with E-state index in [9.17, 15) is 36.2 Å². The second-order valence-electron chi connectivity index (χ2n) is 6.17. The molecule has 0 radical (unpaired) electrons. The number of amides is 1. The van der Waals surface area contributed by atoms with Gasteiger partial charge in [0, 0.05) is 33.9 Å². The van der Waals surface area contributed by atoms with Crippen molar-refractivity contribution in [2.75, 3.05) is 5.32 Å². The first-order chi connectivity index (χ1) is 13.8. The average Bonchev–Trinajstić information content (AvgIpc) is 2.65. The Morgan fingerprint density at radius 1 is 1.07 bits per heavy atom. The number of aliphatic hydroxyl groups is 1. The van der Waals surface area contributed by atoms with E-state index in [1.165, 1.54) is 31.2 Å². The van der Waals surface area contributed by atoms with Crippen LogP contribution >= 0.6 is 11.6 Å². The van der Waals surface area contributed by atoms with Gasteiger partial charge in [-0.1, -0.05) is 11.6 Å². The Morgan fingerprint density at radius 3 is 2.03 bits per heavy atom. The number of rotatable bonds is 5. The molecule has 0 saturated carbocycles. The lowest BCUT2D eigenvalue weighted by Crippen LogP contribution is -2.33. The summed E-state index contributed by atoms with van der Waals surface area (Å²) < 4.78 is 77.5. The standard InChI is InChI=1S/C18H15ClF6N2O3/c1-9(15(28)26-14-4-2-13(19)3-5-14)30-27-16(29)10-6-11(17(20,21)22)8-12(7-10)18(23,24)25/h2-7,9,27,29H,8H2,1H3,(H,26,28)/t9-/m0/s1. The number of halogens is 7. The zero-order chi connectivity index (χ0) is 22.7. The van der Waals surface area contributed by atoms with Crippen molar-refractivity contribution in [2.24, 2.45) is 0 Å². The van der Waals surface area contributed by atoms with Gasteiger partial charge in [-0.05, 0) is 43.3 Å². The molecule has 2 rings (SSSR count). The molecule has 3 N–H and O–H groups in total. The summed E-state index contributed by atoms with van der Waals surface area (Å²) in [5.74, 6) is -1.83. The summed E-state index contributed by atoms with van der Waals surface area (Å²) in [5.41, 5.74) is -1.62. The molecule has 0 aromatic heterocycles. The Hall–Kier alpha value is -2.66. The zero-order valence-corrected chi connectivity index (χ0v) is 15.9. The number of hydrogen-bond donors (Lipinski definition) is 3. The van der Waals surface area contributed by atoms with Crippen LogP contribution in [-0.4, -0.2) is 29.5 Å². The zero-order valence-electron chi connectivity index (χ0n) is 15.2. The highest BCUT2D eigenvalue weighted by Crippen LogP contribution is 2.41. The van der Waals surface area contributed by atoms with Crippen molar-refractivity contribution >= 4 is 23.2 Å². The Bertz CT molecular complexity index is 857. The van der Waals surface area contributed by atoms with E-state index in [2.05, 4.69) is 5.32 Å². The maximum atomic E-state index is 12.9. The second kappa shape index (κ2) is 9.00. The topological polar surface area (TPSA) is 70.6 Å². The van der Waals surface area contributed by atoms with Gasteiger partial charge >= 0.3 is 12.4 Å². The molecule has 1 atom stereocenters. The number of carbonyl (C=O) groups is 1. The summed E-state index contributed by atoms with van der Waals surface area (Å²) in [6.07, 6.45) is -12.0. The van der Waals surface area contributed by atoms with Gasteiger partial charge in [0.25, 0.3) is 5.91 Å². The number of aliphatic hydroxyl groups excluding tert-OH is 1. The third kappa shape index (κ3) is 6.42. The summed E-state index contributed by atoms with van der Waals surface area (Å²) in [4.78, 5) is 16.9. The molecule has 1 aromatic rings. The quantitative estimate of drug-likeness (QED) is 0.318. The smallest absolute Gasteiger partial charge is 0.413 e. The van der Waals surface area contributed by atoms with E-state index >= 15 is 0 Å². The Labute approximate surface area is 171 Å². The molecule has 1 aromatic carbocycles. The molecule has 1 amide bonds. The number of benzene rings is 1. The fourth-order valence-corrected chi connectivity index (χ4v) is 2.38. The van der Waals surface area contributed by atoms with E-state index in [0.717, 1.165) is 0 Å². The number of nitrogens with one attached hydrogen (secondary N) is 2. The summed E-state index contributed by atoms with van der Waals surface area (Å²) in [5, 5.41) is 12.7. The Balaban J connectivity index is 2.12. The minimum absolute atomic E-state index is 0.360. The normalized spacial score (nSPS) is 15.8. The molecule has 0 aliphatic heterocycles. The van der Waals surface area contributed by atoms with Crippen LogP contribution in [-0.2, 0) is 9.63 Å². The van der Waals surface area contributed by atoms with Crippen LogP contribution in [0.2, 0.25) is 5.02 Å². The second-order valence-corrected chi connectivity index (χ2v) is 6.61. The van der Waals surface area contributed by atoms with Crippen LogP contribution in [0, 0.1) is 0 Å². The summed E-state index contributed by atoms with van der Waals surface area (Å²) in [6.45, 7) is 1.24. The highest BCUT2D eigenvalue weighted by atomic mass is 35.5. The van der Waals surface area contributed by atoms with Gasteiger partial charge in [-0.15, -0.1) is 0 Å². The van der Waals surface area contributed by atoms with Crippen LogP contribution in [0.3, 0.4) is 0 Å². The third-order valence-electron chi connectivity index (χ3n) is 3.86. The molecule has 0 bridgehead atoms.